The predicted octanol–water partition coefficient (Wildman–Crippen LogP) is 10.5. The van der Waals surface area contributed by atoms with E-state index in [-0.39, 0.29) is 5.41 Å². The fourth-order valence-corrected chi connectivity index (χ4v) is 8.91. The van der Waals surface area contributed by atoms with Crippen molar-refractivity contribution in [2.45, 2.75) is 85.5 Å². The van der Waals surface area contributed by atoms with Gasteiger partial charge in [0, 0.05) is 5.41 Å². The molecule has 3 aromatic carbocycles. The van der Waals surface area contributed by atoms with E-state index in [1.807, 2.05) is 0 Å². The Hall–Kier alpha value is -2.08. The van der Waals surface area contributed by atoms with Crippen LogP contribution in [0.25, 0.3) is 10.8 Å². The monoisotopic (exact) mass is 494 g/mol. The van der Waals surface area contributed by atoms with Gasteiger partial charge in [0.25, 0.3) is 0 Å². The minimum atomic E-state index is 0.0402. The van der Waals surface area contributed by atoms with Crippen LogP contribution in [0.4, 0.5) is 0 Å². The van der Waals surface area contributed by atoms with Gasteiger partial charge in [0.2, 0.25) is 0 Å². The van der Waals surface area contributed by atoms with Crippen LogP contribution in [0.2, 0.25) is 0 Å². The quantitative estimate of drug-likeness (QED) is 0.320. The van der Waals surface area contributed by atoms with Gasteiger partial charge in [0.05, 0.1) is 0 Å². The lowest BCUT2D eigenvalue weighted by Crippen LogP contribution is -2.53. The largest absolute Gasteiger partial charge is 0.0625 e. The SMILES string of the molecule is CC1CCC(C(C)C)C(C(c2ccccc2)(c2ccc3ccccc3c2)C2CC(C)CCC2C(C)C)C1. The van der Waals surface area contributed by atoms with Crippen molar-refractivity contribution in [3.8, 4) is 0 Å². The van der Waals surface area contributed by atoms with E-state index in [9.17, 15) is 0 Å². The molecule has 37 heavy (non-hydrogen) atoms. The Morgan fingerprint density at radius 2 is 1.08 bits per heavy atom. The van der Waals surface area contributed by atoms with Crippen LogP contribution >= 0.6 is 0 Å². The van der Waals surface area contributed by atoms with E-state index >= 15 is 0 Å². The van der Waals surface area contributed by atoms with E-state index in [0.29, 0.717) is 23.7 Å². The van der Waals surface area contributed by atoms with Gasteiger partial charge in [-0.1, -0.05) is 127 Å². The number of benzene rings is 3. The Kier molecular flexibility index (Phi) is 7.86. The first-order valence-electron chi connectivity index (χ1n) is 15.4. The second kappa shape index (κ2) is 11.0. The first-order chi connectivity index (χ1) is 17.8. The molecule has 3 aromatic rings. The maximum absolute atomic E-state index is 2.61. The zero-order valence-electron chi connectivity index (χ0n) is 24.3. The summed E-state index contributed by atoms with van der Waals surface area (Å²) in [5.74, 6) is 5.84. The van der Waals surface area contributed by atoms with Crippen LogP contribution in [0.15, 0.2) is 72.8 Å². The van der Waals surface area contributed by atoms with Gasteiger partial charge in [0.15, 0.2) is 0 Å². The fourth-order valence-electron chi connectivity index (χ4n) is 8.91. The molecule has 2 aliphatic carbocycles. The highest BCUT2D eigenvalue weighted by Gasteiger charge is 2.55. The molecule has 0 aliphatic heterocycles. The molecule has 0 nitrogen and oxygen atoms in total. The Morgan fingerprint density at radius 3 is 1.62 bits per heavy atom. The smallest absolute Gasteiger partial charge is 0.0265 e. The molecule has 6 unspecified atom stereocenters. The van der Waals surface area contributed by atoms with E-state index in [0.717, 1.165) is 23.7 Å². The number of hydrogen-bond donors (Lipinski definition) is 0. The van der Waals surface area contributed by atoms with Gasteiger partial charge < -0.3 is 0 Å². The van der Waals surface area contributed by atoms with Crippen LogP contribution in [-0.4, -0.2) is 0 Å². The van der Waals surface area contributed by atoms with Gasteiger partial charge in [-0.3, -0.25) is 0 Å². The summed E-state index contributed by atoms with van der Waals surface area (Å²) in [5, 5.41) is 2.76. The summed E-state index contributed by atoms with van der Waals surface area (Å²) in [6, 6.07) is 28.5. The minimum absolute atomic E-state index is 0.0402. The van der Waals surface area contributed by atoms with E-state index in [1.165, 1.54) is 49.3 Å². The molecule has 2 fully saturated rings. The molecule has 0 radical (unpaired) electrons. The Bertz CT molecular complexity index is 1120. The van der Waals surface area contributed by atoms with Crippen LogP contribution < -0.4 is 0 Å². The molecule has 0 saturated heterocycles. The van der Waals surface area contributed by atoms with Crippen LogP contribution in [0, 0.1) is 47.3 Å². The zero-order chi connectivity index (χ0) is 26.2. The first-order valence-corrected chi connectivity index (χ1v) is 15.4. The second-order valence-corrected chi connectivity index (χ2v) is 13.7. The summed E-state index contributed by atoms with van der Waals surface area (Å²) >= 11 is 0. The maximum Gasteiger partial charge on any atom is 0.0265 e. The minimum Gasteiger partial charge on any atom is -0.0625 e. The van der Waals surface area contributed by atoms with Crippen molar-refractivity contribution in [2.75, 3.05) is 0 Å². The molecule has 5 rings (SSSR count). The van der Waals surface area contributed by atoms with Gasteiger partial charge in [0.1, 0.15) is 0 Å². The summed E-state index contributed by atoms with van der Waals surface area (Å²) in [5.41, 5.74) is 3.21. The van der Waals surface area contributed by atoms with Gasteiger partial charge >= 0.3 is 0 Å². The Balaban J connectivity index is 1.85. The molecule has 2 saturated carbocycles. The summed E-state index contributed by atoms with van der Waals surface area (Å²) in [7, 11) is 0. The van der Waals surface area contributed by atoms with Crippen molar-refractivity contribution in [3.05, 3.63) is 83.9 Å². The van der Waals surface area contributed by atoms with E-state index < -0.39 is 0 Å². The lowest BCUT2D eigenvalue weighted by molar-refractivity contribution is 0.00000645. The lowest BCUT2D eigenvalue weighted by atomic mass is 9.46. The highest BCUT2D eigenvalue weighted by Crippen LogP contribution is 2.60. The molecule has 0 spiro atoms. The van der Waals surface area contributed by atoms with Crippen molar-refractivity contribution >= 4 is 10.8 Å². The molecular weight excluding hydrogens is 444 g/mol. The number of fused-ring (bicyclic) bond motifs is 1. The standard InChI is InChI=1S/C37H50/c1-25(2)33-20-16-27(5)22-35(33)37(31-14-8-7-9-15-31,36-23-28(6)17-21-34(36)26(3)4)32-19-18-29-12-10-11-13-30(29)24-32/h7-15,18-19,24-28,33-36H,16-17,20-23H2,1-6H3. The van der Waals surface area contributed by atoms with E-state index in [4.69, 9.17) is 0 Å². The van der Waals surface area contributed by atoms with E-state index in [2.05, 4.69) is 114 Å². The second-order valence-electron chi connectivity index (χ2n) is 13.7. The topological polar surface area (TPSA) is 0 Å². The first kappa shape index (κ1) is 26.5. The third-order valence-corrected chi connectivity index (χ3v) is 10.7. The Morgan fingerprint density at radius 1 is 0.568 bits per heavy atom. The average molecular weight is 495 g/mol. The predicted molar refractivity (Wildman–Crippen MR) is 161 cm³/mol. The van der Waals surface area contributed by atoms with Gasteiger partial charge in [-0.25, -0.2) is 0 Å². The lowest BCUT2D eigenvalue weighted by Gasteiger charge is -2.58. The molecule has 0 aromatic heterocycles. The summed E-state index contributed by atoms with van der Waals surface area (Å²) < 4.78 is 0. The van der Waals surface area contributed by atoms with Crippen LogP contribution in [-0.2, 0) is 5.41 Å². The van der Waals surface area contributed by atoms with Crippen molar-refractivity contribution in [2.24, 2.45) is 47.3 Å². The molecule has 2 aliphatic rings. The summed E-state index contributed by atoms with van der Waals surface area (Å²) in [6.07, 6.45) is 8.22. The normalized spacial score (nSPS) is 30.5. The van der Waals surface area contributed by atoms with Crippen molar-refractivity contribution < 1.29 is 0 Å². The van der Waals surface area contributed by atoms with E-state index in [1.54, 1.807) is 11.1 Å². The molecule has 0 bridgehead atoms. The molecule has 0 N–H and O–H groups in total. The number of hydrogen-bond acceptors (Lipinski definition) is 0. The van der Waals surface area contributed by atoms with Crippen molar-refractivity contribution in [3.63, 3.8) is 0 Å². The third-order valence-electron chi connectivity index (χ3n) is 10.7. The molecule has 0 heterocycles. The van der Waals surface area contributed by atoms with Crippen LogP contribution in [0.5, 0.6) is 0 Å². The van der Waals surface area contributed by atoms with Gasteiger partial charge in [-0.2, -0.15) is 0 Å². The molecule has 0 amide bonds. The molecular formula is C37H50. The number of rotatable bonds is 6. The van der Waals surface area contributed by atoms with Gasteiger partial charge in [-0.05, 0) is 94.9 Å². The summed E-state index contributed by atoms with van der Waals surface area (Å²) in [4.78, 5) is 0. The molecule has 198 valence electrons. The van der Waals surface area contributed by atoms with Crippen molar-refractivity contribution in [1.82, 2.24) is 0 Å². The summed E-state index contributed by atoms with van der Waals surface area (Å²) in [6.45, 7) is 15.1. The van der Waals surface area contributed by atoms with Gasteiger partial charge in [-0.15, -0.1) is 0 Å². The van der Waals surface area contributed by atoms with Crippen molar-refractivity contribution in [1.29, 1.82) is 0 Å². The zero-order valence-corrected chi connectivity index (χ0v) is 24.3. The highest BCUT2D eigenvalue weighted by atomic mass is 14.6. The maximum atomic E-state index is 2.61. The van der Waals surface area contributed by atoms with Crippen LogP contribution in [0.1, 0.15) is 91.2 Å². The fraction of sp³-hybridized carbons (Fsp3) is 0.568. The highest BCUT2D eigenvalue weighted by molar-refractivity contribution is 5.83. The third kappa shape index (κ3) is 4.91. The molecule has 0 heteroatoms. The van der Waals surface area contributed by atoms with Crippen LogP contribution in [0.3, 0.4) is 0 Å². The molecule has 6 atom stereocenters. The Labute approximate surface area is 227 Å². The average Bonchev–Trinajstić information content (AvgIpc) is 2.89.